The summed E-state index contributed by atoms with van der Waals surface area (Å²) in [5.41, 5.74) is 4.79. The van der Waals surface area contributed by atoms with Crippen LogP contribution in [0.25, 0.3) is 0 Å². The summed E-state index contributed by atoms with van der Waals surface area (Å²) in [4.78, 5) is 10.0. The molecule has 3 N–H and O–H groups in total. The lowest BCUT2D eigenvalue weighted by atomic mass is 10.9. The minimum absolute atomic E-state index is 0.470. The molecule has 0 aliphatic heterocycles. The van der Waals surface area contributed by atoms with Gasteiger partial charge in [-0.15, -0.1) is 0 Å². The van der Waals surface area contributed by atoms with E-state index in [1.54, 1.807) is 0 Å². The number of amides is 2. The summed E-state index contributed by atoms with van der Waals surface area (Å²) in [6, 6.07) is -0.470. The van der Waals surface area contributed by atoms with E-state index >= 15 is 0 Å². The Morgan fingerprint density at radius 3 is 3.00 bits per heavy atom. The Morgan fingerprint density at radius 2 is 2.56 bits per heavy atom. The fraction of sp³-hybridized carbons (Fsp3) is 0.750. The van der Waals surface area contributed by atoms with Crippen molar-refractivity contribution in [3.8, 4) is 0 Å². The molecule has 2 amide bonds. The first-order valence-electron chi connectivity index (χ1n) is 2.88. The molecule has 4 nitrogen and oxygen atoms in total. The lowest BCUT2D eigenvalue weighted by Gasteiger charge is -1.99. The lowest BCUT2D eigenvalue weighted by Crippen LogP contribution is -2.33. The highest BCUT2D eigenvalue weighted by Crippen LogP contribution is 1.65. The molecule has 0 rings (SSSR count). The van der Waals surface area contributed by atoms with Crippen LogP contribution in [0.1, 0.15) is 6.92 Å². The zero-order chi connectivity index (χ0) is 7.11. The Labute approximate surface area is 56.7 Å². The van der Waals surface area contributed by atoms with Crippen LogP contribution in [0.2, 0.25) is 0 Å². The highest BCUT2D eigenvalue weighted by atomic mass is 28.2. The lowest BCUT2D eigenvalue weighted by molar-refractivity contribution is 0.249. The van der Waals surface area contributed by atoms with Gasteiger partial charge in [-0.3, -0.25) is 0 Å². The standard InChI is InChI=1S/C4H12N2O2Si/c1-2-8-9-3-6-4(5)7/h2-3,9H2,1H3,(H3,5,6,7). The van der Waals surface area contributed by atoms with Crippen molar-refractivity contribution in [1.29, 1.82) is 0 Å². The van der Waals surface area contributed by atoms with Crippen molar-refractivity contribution >= 4 is 15.8 Å². The quantitative estimate of drug-likeness (QED) is 0.386. The molecule has 0 aromatic heterocycles. The van der Waals surface area contributed by atoms with Crippen LogP contribution in [-0.2, 0) is 4.43 Å². The molecule has 0 saturated carbocycles. The van der Waals surface area contributed by atoms with Crippen LogP contribution in [0, 0.1) is 0 Å². The Balaban J connectivity index is 2.83. The molecule has 0 unspecified atom stereocenters. The first kappa shape index (κ1) is 8.45. The van der Waals surface area contributed by atoms with Crippen molar-refractivity contribution in [2.75, 3.05) is 12.8 Å². The number of hydrogen-bond donors (Lipinski definition) is 2. The van der Waals surface area contributed by atoms with E-state index in [4.69, 9.17) is 10.2 Å². The molecule has 0 heterocycles. The molecule has 0 bridgehead atoms. The zero-order valence-electron chi connectivity index (χ0n) is 5.52. The maximum Gasteiger partial charge on any atom is 0.311 e. The number of nitrogens with two attached hydrogens (primary N) is 1. The summed E-state index contributed by atoms with van der Waals surface area (Å²) in [6.45, 7) is 2.66. The van der Waals surface area contributed by atoms with E-state index < -0.39 is 15.8 Å². The third-order valence-electron chi connectivity index (χ3n) is 0.750. The fourth-order valence-corrected chi connectivity index (χ4v) is 1.17. The molecule has 0 spiro atoms. The Hall–Kier alpha value is -0.553. The first-order chi connectivity index (χ1) is 4.27. The molecular weight excluding hydrogens is 136 g/mol. The molecule has 0 atom stereocenters. The van der Waals surface area contributed by atoms with E-state index in [2.05, 4.69) is 5.32 Å². The molecule has 0 radical (unpaired) electrons. The van der Waals surface area contributed by atoms with Crippen LogP contribution in [0.3, 0.4) is 0 Å². The van der Waals surface area contributed by atoms with E-state index in [-0.39, 0.29) is 0 Å². The van der Waals surface area contributed by atoms with Crippen LogP contribution in [0.5, 0.6) is 0 Å². The van der Waals surface area contributed by atoms with Crippen LogP contribution in [0.15, 0.2) is 0 Å². The van der Waals surface area contributed by atoms with Gasteiger partial charge in [-0.05, 0) is 6.92 Å². The number of urea groups is 1. The van der Waals surface area contributed by atoms with Crippen molar-refractivity contribution in [3.63, 3.8) is 0 Å². The smallest absolute Gasteiger partial charge is 0.311 e. The fourth-order valence-electron chi connectivity index (χ4n) is 0.391. The predicted molar refractivity (Wildman–Crippen MR) is 37.8 cm³/mol. The van der Waals surface area contributed by atoms with E-state index in [1.807, 2.05) is 6.92 Å². The third kappa shape index (κ3) is 7.45. The van der Waals surface area contributed by atoms with Crippen molar-refractivity contribution in [3.05, 3.63) is 0 Å². The molecule has 5 heteroatoms. The van der Waals surface area contributed by atoms with Crippen LogP contribution in [-0.4, -0.2) is 28.6 Å². The van der Waals surface area contributed by atoms with E-state index in [0.717, 1.165) is 6.61 Å². The predicted octanol–water partition coefficient (Wildman–Crippen LogP) is -1.27. The van der Waals surface area contributed by atoms with Crippen molar-refractivity contribution < 1.29 is 9.22 Å². The second-order valence-electron chi connectivity index (χ2n) is 1.49. The third-order valence-corrected chi connectivity index (χ3v) is 1.90. The maximum absolute atomic E-state index is 10.0. The number of carbonyl (C=O) groups is 1. The molecule has 9 heavy (non-hydrogen) atoms. The average Bonchev–Trinajstić information content (AvgIpc) is 1.80. The van der Waals surface area contributed by atoms with Crippen molar-refractivity contribution in [2.45, 2.75) is 6.92 Å². The molecule has 0 aliphatic rings. The topological polar surface area (TPSA) is 64.3 Å². The second-order valence-corrected chi connectivity index (χ2v) is 2.80. The first-order valence-corrected chi connectivity index (χ1v) is 4.46. The number of hydrogen-bond acceptors (Lipinski definition) is 2. The summed E-state index contributed by atoms with van der Waals surface area (Å²) in [6.07, 6.45) is 0.628. The van der Waals surface area contributed by atoms with Gasteiger partial charge in [0, 0.05) is 12.8 Å². The SMILES string of the molecule is CCO[SiH2]CNC(N)=O. The average molecular weight is 148 g/mol. The molecule has 0 aromatic carbocycles. The van der Waals surface area contributed by atoms with Gasteiger partial charge in [-0.1, -0.05) is 0 Å². The second kappa shape index (κ2) is 5.58. The Morgan fingerprint density at radius 1 is 1.89 bits per heavy atom. The largest absolute Gasteiger partial charge is 0.423 e. The van der Waals surface area contributed by atoms with Gasteiger partial charge in [-0.25, -0.2) is 4.79 Å². The number of carbonyl (C=O) groups excluding carboxylic acids is 1. The molecular formula is C4H12N2O2Si. The minimum Gasteiger partial charge on any atom is -0.423 e. The van der Waals surface area contributed by atoms with Gasteiger partial charge in [0.2, 0.25) is 0 Å². The minimum atomic E-state index is -0.543. The number of rotatable bonds is 4. The van der Waals surface area contributed by atoms with Gasteiger partial charge in [0.05, 0.1) is 0 Å². The van der Waals surface area contributed by atoms with Crippen molar-refractivity contribution in [1.82, 2.24) is 5.32 Å². The summed E-state index contributed by atoms with van der Waals surface area (Å²) in [5, 5.41) is 2.46. The number of nitrogens with one attached hydrogen (secondary N) is 1. The highest BCUT2D eigenvalue weighted by molar-refractivity contribution is 6.27. The van der Waals surface area contributed by atoms with Gasteiger partial charge < -0.3 is 15.5 Å². The normalized spacial score (nSPS) is 10.3. The zero-order valence-corrected chi connectivity index (χ0v) is 6.93. The molecule has 0 saturated heterocycles. The Bertz CT molecular complexity index is 88.6. The van der Waals surface area contributed by atoms with Gasteiger partial charge in [-0.2, -0.15) is 0 Å². The van der Waals surface area contributed by atoms with Gasteiger partial charge in [0.25, 0.3) is 0 Å². The molecule has 0 aromatic rings. The maximum atomic E-state index is 10.0. The van der Waals surface area contributed by atoms with Gasteiger partial charge in [0.15, 0.2) is 9.76 Å². The van der Waals surface area contributed by atoms with E-state index in [9.17, 15) is 4.79 Å². The van der Waals surface area contributed by atoms with Crippen molar-refractivity contribution in [2.24, 2.45) is 5.73 Å². The van der Waals surface area contributed by atoms with Gasteiger partial charge in [0.1, 0.15) is 0 Å². The molecule has 0 fully saturated rings. The van der Waals surface area contributed by atoms with Crippen LogP contribution < -0.4 is 11.1 Å². The summed E-state index contributed by atoms with van der Waals surface area (Å²) in [7, 11) is -0.543. The number of primary amides is 1. The van der Waals surface area contributed by atoms with E-state index in [0.29, 0.717) is 6.17 Å². The molecule has 54 valence electrons. The Kier molecular flexibility index (Phi) is 5.24. The monoisotopic (exact) mass is 148 g/mol. The molecule has 0 aliphatic carbocycles. The van der Waals surface area contributed by atoms with Crippen LogP contribution >= 0.6 is 0 Å². The summed E-state index contributed by atoms with van der Waals surface area (Å²) >= 11 is 0. The highest BCUT2D eigenvalue weighted by Gasteiger charge is 1.89. The van der Waals surface area contributed by atoms with Crippen LogP contribution in [0.4, 0.5) is 4.79 Å². The summed E-state index contributed by atoms with van der Waals surface area (Å²) < 4.78 is 5.05. The summed E-state index contributed by atoms with van der Waals surface area (Å²) in [5.74, 6) is 0. The van der Waals surface area contributed by atoms with Gasteiger partial charge >= 0.3 is 6.03 Å². The van der Waals surface area contributed by atoms with E-state index in [1.165, 1.54) is 0 Å².